The van der Waals surface area contributed by atoms with Crippen molar-refractivity contribution in [2.45, 2.75) is 44.9 Å². The van der Waals surface area contributed by atoms with Gasteiger partial charge in [0.2, 0.25) is 0 Å². The van der Waals surface area contributed by atoms with Crippen LogP contribution >= 0.6 is 0 Å². The lowest BCUT2D eigenvalue weighted by Gasteiger charge is -2.10. The molecule has 0 radical (unpaired) electrons. The van der Waals surface area contributed by atoms with E-state index in [0.717, 1.165) is 11.7 Å². The summed E-state index contributed by atoms with van der Waals surface area (Å²) in [5, 5.41) is 0. The Balaban J connectivity index is 1.99. The molecule has 2 aliphatic carbocycles. The maximum atomic E-state index is 11.3. The molecular formula is C12H16O2. The van der Waals surface area contributed by atoms with E-state index in [1.165, 1.54) is 44.1 Å². The van der Waals surface area contributed by atoms with Gasteiger partial charge in [0, 0.05) is 5.92 Å². The zero-order chi connectivity index (χ0) is 9.54. The third-order valence-electron chi connectivity index (χ3n) is 3.92. The molecule has 1 saturated carbocycles. The Morgan fingerprint density at radius 3 is 2.79 bits per heavy atom. The van der Waals surface area contributed by atoms with E-state index in [0.29, 0.717) is 12.3 Å². The van der Waals surface area contributed by atoms with Gasteiger partial charge in [0.05, 0.1) is 6.42 Å². The Hall–Kier alpha value is -0.790. The van der Waals surface area contributed by atoms with Crippen molar-refractivity contribution in [2.75, 3.05) is 0 Å². The third kappa shape index (κ3) is 1.20. The standard InChI is InChI=1S/C12H16O2/c13-11-7-9-5-1-3-8-4-2-6-10(8)12(9)14-11/h8-9H,1-7H2. The fourth-order valence-corrected chi connectivity index (χ4v) is 3.27. The van der Waals surface area contributed by atoms with Crippen molar-refractivity contribution in [1.29, 1.82) is 0 Å². The lowest BCUT2D eigenvalue weighted by molar-refractivity contribution is -0.135. The number of hydrogen-bond acceptors (Lipinski definition) is 2. The first kappa shape index (κ1) is 8.51. The first-order chi connectivity index (χ1) is 6.84. The van der Waals surface area contributed by atoms with Gasteiger partial charge in [0.1, 0.15) is 5.76 Å². The molecule has 2 fully saturated rings. The summed E-state index contributed by atoms with van der Waals surface area (Å²) in [5.41, 5.74) is 1.50. The minimum atomic E-state index is 0.00468. The highest BCUT2D eigenvalue weighted by molar-refractivity contribution is 5.74. The van der Waals surface area contributed by atoms with Gasteiger partial charge in [-0.25, -0.2) is 0 Å². The Morgan fingerprint density at radius 2 is 1.86 bits per heavy atom. The number of carbonyl (C=O) groups is 1. The van der Waals surface area contributed by atoms with Crippen LogP contribution in [0.3, 0.4) is 0 Å². The third-order valence-corrected chi connectivity index (χ3v) is 3.92. The summed E-state index contributed by atoms with van der Waals surface area (Å²) in [7, 11) is 0. The van der Waals surface area contributed by atoms with E-state index in [1.807, 2.05) is 0 Å². The average Bonchev–Trinajstić information content (AvgIpc) is 2.70. The molecule has 1 aliphatic heterocycles. The second-order valence-corrected chi connectivity index (χ2v) is 4.78. The van der Waals surface area contributed by atoms with Crippen molar-refractivity contribution in [2.24, 2.45) is 11.8 Å². The number of fused-ring (bicyclic) bond motifs is 2. The molecule has 0 aromatic carbocycles. The lowest BCUT2D eigenvalue weighted by Crippen LogP contribution is -2.00. The SMILES string of the molecule is O=C1CC2CCCC3CCCC3=C2O1. The highest BCUT2D eigenvalue weighted by Gasteiger charge is 2.37. The van der Waals surface area contributed by atoms with E-state index in [1.54, 1.807) is 0 Å². The van der Waals surface area contributed by atoms with E-state index in [9.17, 15) is 4.79 Å². The molecule has 0 aromatic heterocycles. The Kier molecular flexibility index (Phi) is 1.89. The van der Waals surface area contributed by atoms with Gasteiger partial charge in [-0.2, -0.15) is 0 Å². The molecule has 2 heteroatoms. The monoisotopic (exact) mass is 192 g/mol. The Bertz CT molecular complexity index is 303. The summed E-state index contributed by atoms with van der Waals surface area (Å²) in [6.45, 7) is 0. The maximum absolute atomic E-state index is 11.3. The van der Waals surface area contributed by atoms with Gasteiger partial charge in [-0.15, -0.1) is 0 Å². The number of esters is 1. The van der Waals surface area contributed by atoms with Crippen LogP contribution in [0.25, 0.3) is 0 Å². The van der Waals surface area contributed by atoms with Crippen LogP contribution in [0.15, 0.2) is 11.3 Å². The Morgan fingerprint density at radius 1 is 1.07 bits per heavy atom. The molecule has 0 amide bonds. The van der Waals surface area contributed by atoms with Crippen molar-refractivity contribution in [3.63, 3.8) is 0 Å². The highest BCUT2D eigenvalue weighted by atomic mass is 16.5. The van der Waals surface area contributed by atoms with Gasteiger partial charge >= 0.3 is 5.97 Å². The van der Waals surface area contributed by atoms with Gasteiger partial charge in [-0.1, -0.05) is 6.42 Å². The molecule has 76 valence electrons. The summed E-state index contributed by atoms with van der Waals surface area (Å²) < 4.78 is 5.40. The molecule has 3 rings (SSSR count). The van der Waals surface area contributed by atoms with Crippen LogP contribution in [-0.2, 0) is 9.53 Å². The summed E-state index contributed by atoms with van der Waals surface area (Å²) in [6, 6.07) is 0. The van der Waals surface area contributed by atoms with Crippen LogP contribution in [0.5, 0.6) is 0 Å². The first-order valence-corrected chi connectivity index (χ1v) is 5.78. The fourth-order valence-electron chi connectivity index (χ4n) is 3.27. The van der Waals surface area contributed by atoms with Crippen LogP contribution in [0.1, 0.15) is 44.9 Å². The number of hydrogen-bond donors (Lipinski definition) is 0. The van der Waals surface area contributed by atoms with Gasteiger partial charge in [0.15, 0.2) is 0 Å². The second-order valence-electron chi connectivity index (χ2n) is 4.78. The minimum absolute atomic E-state index is 0.00468. The summed E-state index contributed by atoms with van der Waals surface area (Å²) in [4.78, 5) is 11.3. The predicted octanol–water partition coefficient (Wildman–Crippen LogP) is 2.79. The average molecular weight is 192 g/mol. The largest absolute Gasteiger partial charge is 0.431 e. The number of allylic oxidation sites excluding steroid dienone is 2. The van der Waals surface area contributed by atoms with Crippen LogP contribution in [0, 0.1) is 11.8 Å². The van der Waals surface area contributed by atoms with Crippen molar-refractivity contribution in [1.82, 2.24) is 0 Å². The molecule has 3 aliphatic rings. The van der Waals surface area contributed by atoms with Crippen molar-refractivity contribution in [3.8, 4) is 0 Å². The zero-order valence-corrected chi connectivity index (χ0v) is 8.42. The van der Waals surface area contributed by atoms with E-state index >= 15 is 0 Å². The van der Waals surface area contributed by atoms with E-state index in [4.69, 9.17) is 4.74 Å². The first-order valence-electron chi connectivity index (χ1n) is 5.78. The number of rotatable bonds is 0. The summed E-state index contributed by atoms with van der Waals surface area (Å²) in [6.07, 6.45) is 8.22. The highest BCUT2D eigenvalue weighted by Crippen LogP contribution is 2.45. The normalized spacial score (nSPS) is 36.4. The number of carbonyl (C=O) groups excluding carboxylic acids is 1. The molecule has 2 atom stereocenters. The smallest absolute Gasteiger partial charge is 0.311 e. The van der Waals surface area contributed by atoms with E-state index < -0.39 is 0 Å². The van der Waals surface area contributed by atoms with Crippen LogP contribution in [0.4, 0.5) is 0 Å². The second kappa shape index (κ2) is 3.11. The molecule has 14 heavy (non-hydrogen) atoms. The predicted molar refractivity (Wildman–Crippen MR) is 52.4 cm³/mol. The van der Waals surface area contributed by atoms with Crippen LogP contribution in [-0.4, -0.2) is 5.97 Å². The summed E-state index contributed by atoms with van der Waals surface area (Å²) >= 11 is 0. The van der Waals surface area contributed by atoms with Crippen LogP contribution < -0.4 is 0 Å². The van der Waals surface area contributed by atoms with Crippen molar-refractivity contribution < 1.29 is 9.53 Å². The zero-order valence-electron chi connectivity index (χ0n) is 8.42. The topological polar surface area (TPSA) is 26.3 Å². The fraction of sp³-hybridized carbons (Fsp3) is 0.750. The van der Waals surface area contributed by atoms with Crippen LogP contribution in [0.2, 0.25) is 0 Å². The molecular weight excluding hydrogens is 176 g/mol. The molecule has 0 aromatic rings. The van der Waals surface area contributed by atoms with Gasteiger partial charge in [-0.05, 0) is 43.6 Å². The molecule has 0 N–H and O–H groups in total. The molecule has 2 unspecified atom stereocenters. The molecule has 1 saturated heterocycles. The Labute approximate surface area is 84.3 Å². The lowest BCUT2D eigenvalue weighted by atomic mass is 9.98. The molecule has 0 spiro atoms. The molecule has 2 nitrogen and oxygen atoms in total. The minimum Gasteiger partial charge on any atom is -0.431 e. The van der Waals surface area contributed by atoms with Crippen molar-refractivity contribution >= 4 is 5.97 Å². The van der Waals surface area contributed by atoms with E-state index in [2.05, 4.69) is 0 Å². The quantitative estimate of drug-likeness (QED) is 0.552. The van der Waals surface area contributed by atoms with Gasteiger partial charge in [0.25, 0.3) is 0 Å². The van der Waals surface area contributed by atoms with Crippen molar-refractivity contribution in [3.05, 3.63) is 11.3 Å². The number of ether oxygens (including phenoxy) is 1. The maximum Gasteiger partial charge on any atom is 0.311 e. The van der Waals surface area contributed by atoms with Gasteiger partial charge < -0.3 is 4.74 Å². The summed E-state index contributed by atoms with van der Waals surface area (Å²) in [5.74, 6) is 2.29. The van der Waals surface area contributed by atoms with E-state index in [-0.39, 0.29) is 5.97 Å². The van der Waals surface area contributed by atoms with Gasteiger partial charge in [-0.3, -0.25) is 4.79 Å². The molecule has 1 heterocycles. The molecule has 0 bridgehead atoms.